The van der Waals surface area contributed by atoms with Gasteiger partial charge in [-0.2, -0.15) is 0 Å². The average Bonchev–Trinajstić information content (AvgIpc) is 2.99. The van der Waals surface area contributed by atoms with Crippen LogP contribution in [0.2, 0.25) is 24.2 Å². The topological polar surface area (TPSA) is 0 Å². The predicted molar refractivity (Wildman–Crippen MR) is 89.3 cm³/mol. The first kappa shape index (κ1) is 15.1. The number of hydrogen-bond acceptors (Lipinski definition) is 0. The van der Waals surface area contributed by atoms with Crippen molar-refractivity contribution in [3.8, 4) is 0 Å². The summed E-state index contributed by atoms with van der Waals surface area (Å²) in [6, 6.07) is 0. The zero-order valence-electron chi connectivity index (χ0n) is 13.0. The van der Waals surface area contributed by atoms with Crippen LogP contribution in [-0.2, 0) is 0 Å². The molecule has 0 aliphatic heterocycles. The fourth-order valence-electron chi connectivity index (χ4n) is 4.73. The van der Waals surface area contributed by atoms with Crippen molar-refractivity contribution in [2.24, 2.45) is 11.8 Å². The summed E-state index contributed by atoms with van der Waals surface area (Å²) in [6.45, 7) is 13.2. The summed E-state index contributed by atoms with van der Waals surface area (Å²) in [5, 5.41) is 0. The van der Waals surface area contributed by atoms with E-state index in [1.165, 1.54) is 51.4 Å². The highest BCUT2D eigenvalue weighted by molar-refractivity contribution is 6.80. The van der Waals surface area contributed by atoms with Gasteiger partial charge in [0.15, 0.2) is 0 Å². The molecular formula is C18H32Si. The van der Waals surface area contributed by atoms with Gasteiger partial charge in [-0.3, -0.25) is 0 Å². The summed E-state index contributed by atoms with van der Waals surface area (Å²) in [7, 11) is -1.05. The second-order valence-corrected chi connectivity index (χ2v) is 12.9. The van der Waals surface area contributed by atoms with Crippen LogP contribution in [0.25, 0.3) is 0 Å². The van der Waals surface area contributed by atoms with E-state index in [1.807, 2.05) is 0 Å². The SMILES string of the molecule is C=CCC1CCC([Si](C)(C)C2CCC(CC=C)C2)C1. The van der Waals surface area contributed by atoms with Crippen LogP contribution in [0.15, 0.2) is 25.3 Å². The zero-order valence-corrected chi connectivity index (χ0v) is 14.0. The number of hydrogen-bond donors (Lipinski definition) is 0. The maximum atomic E-state index is 3.92. The van der Waals surface area contributed by atoms with Crippen LogP contribution in [0, 0.1) is 11.8 Å². The molecule has 108 valence electrons. The highest BCUT2D eigenvalue weighted by Gasteiger charge is 2.44. The summed E-state index contributed by atoms with van der Waals surface area (Å²) < 4.78 is 0. The van der Waals surface area contributed by atoms with Gasteiger partial charge in [-0.1, -0.05) is 50.9 Å². The molecule has 0 spiro atoms. The van der Waals surface area contributed by atoms with Crippen molar-refractivity contribution in [3.63, 3.8) is 0 Å². The fourth-order valence-corrected chi connectivity index (χ4v) is 9.10. The molecule has 4 unspecified atom stereocenters. The van der Waals surface area contributed by atoms with E-state index in [-0.39, 0.29) is 0 Å². The molecule has 2 saturated carbocycles. The highest BCUT2D eigenvalue weighted by atomic mass is 28.3. The Hall–Kier alpha value is -0.303. The van der Waals surface area contributed by atoms with E-state index in [0.29, 0.717) is 0 Å². The Balaban J connectivity index is 1.91. The van der Waals surface area contributed by atoms with Gasteiger partial charge in [0.05, 0.1) is 8.07 Å². The number of rotatable bonds is 6. The third-order valence-electron chi connectivity index (χ3n) is 6.19. The lowest BCUT2D eigenvalue weighted by atomic mass is 10.0. The molecule has 0 saturated heterocycles. The van der Waals surface area contributed by atoms with E-state index in [4.69, 9.17) is 0 Å². The zero-order chi connectivity index (χ0) is 13.9. The average molecular weight is 277 g/mol. The summed E-state index contributed by atoms with van der Waals surface area (Å²) in [5.41, 5.74) is 2.18. The summed E-state index contributed by atoms with van der Waals surface area (Å²) >= 11 is 0. The van der Waals surface area contributed by atoms with Crippen molar-refractivity contribution in [2.45, 2.75) is 75.5 Å². The first-order valence-corrected chi connectivity index (χ1v) is 11.4. The summed E-state index contributed by atoms with van der Waals surface area (Å²) in [6.07, 6.45) is 15.8. The molecule has 1 heteroatoms. The Kier molecular flexibility index (Phi) is 5.11. The molecule has 0 amide bonds. The third-order valence-corrected chi connectivity index (χ3v) is 11.4. The smallest absolute Gasteiger partial charge is 0.0536 e. The van der Waals surface area contributed by atoms with Gasteiger partial charge in [0.2, 0.25) is 0 Å². The van der Waals surface area contributed by atoms with Crippen molar-refractivity contribution in [3.05, 3.63) is 25.3 Å². The van der Waals surface area contributed by atoms with Gasteiger partial charge in [-0.15, -0.1) is 13.2 Å². The van der Waals surface area contributed by atoms with E-state index < -0.39 is 8.07 Å². The Bertz CT molecular complexity index is 288. The van der Waals surface area contributed by atoms with Crippen molar-refractivity contribution in [2.75, 3.05) is 0 Å². The van der Waals surface area contributed by atoms with Crippen molar-refractivity contribution >= 4 is 8.07 Å². The van der Waals surface area contributed by atoms with Crippen LogP contribution in [0.4, 0.5) is 0 Å². The largest absolute Gasteiger partial charge is 0.103 e. The molecule has 2 rings (SSSR count). The van der Waals surface area contributed by atoms with E-state index in [0.717, 1.165) is 22.9 Å². The molecule has 4 atom stereocenters. The van der Waals surface area contributed by atoms with E-state index in [2.05, 4.69) is 38.4 Å². The summed E-state index contributed by atoms with van der Waals surface area (Å²) in [5.74, 6) is 1.92. The lowest BCUT2D eigenvalue weighted by molar-refractivity contribution is 0.550. The van der Waals surface area contributed by atoms with Crippen molar-refractivity contribution in [1.29, 1.82) is 0 Å². The molecule has 0 heterocycles. The Morgan fingerprint density at radius 3 is 1.63 bits per heavy atom. The lowest BCUT2D eigenvalue weighted by Crippen LogP contribution is -2.36. The first-order chi connectivity index (χ1) is 9.07. The molecule has 0 aromatic rings. The normalized spacial score (nSPS) is 35.5. The van der Waals surface area contributed by atoms with E-state index in [9.17, 15) is 0 Å². The van der Waals surface area contributed by atoms with Crippen molar-refractivity contribution in [1.82, 2.24) is 0 Å². The van der Waals surface area contributed by atoms with Gasteiger partial charge in [0, 0.05) is 0 Å². The van der Waals surface area contributed by atoms with Crippen LogP contribution >= 0.6 is 0 Å². The Morgan fingerprint density at radius 1 is 0.842 bits per heavy atom. The maximum Gasteiger partial charge on any atom is 0.0536 e. The van der Waals surface area contributed by atoms with Crippen LogP contribution in [0.5, 0.6) is 0 Å². The van der Waals surface area contributed by atoms with Crippen LogP contribution < -0.4 is 0 Å². The summed E-state index contributed by atoms with van der Waals surface area (Å²) in [4.78, 5) is 0. The van der Waals surface area contributed by atoms with Gasteiger partial charge in [0.1, 0.15) is 0 Å². The molecule has 2 aliphatic carbocycles. The quantitative estimate of drug-likeness (QED) is 0.401. The van der Waals surface area contributed by atoms with Gasteiger partial charge in [-0.05, 0) is 48.6 Å². The standard InChI is InChI=1S/C18H32Si/c1-5-7-15-9-11-17(13-15)19(3,4)18-12-10-16(14-18)8-6-2/h5-6,15-18H,1-2,7-14H2,3-4H3. The fraction of sp³-hybridized carbons (Fsp3) is 0.778. The van der Waals surface area contributed by atoms with Crippen LogP contribution in [-0.4, -0.2) is 8.07 Å². The first-order valence-electron chi connectivity index (χ1n) is 8.29. The highest BCUT2D eigenvalue weighted by Crippen LogP contribution is 2.53. The second kappa shape index (κ2) is 6.43. The lowest BCUT2D eigenvalue weighted by Gasteiger charge is -2.36. The second-order valence-electron chi connectivity index (χ2n) is 7.62. The van der Waals surface area contributed by atoms with Gasteiger partial charge < -0.3 is 0 Å². The Labute approximate surface area is 121 Å². The molecule has 0 nitrogen and oxygen atoms in total. The molecule has 2 aliphatic rings. The van der Waals surface area contributed by atoms with Crippen LogP contribution in [0.3, 0.4) is 0 Å². The van der Waals surface area contributed by atoms with Gasteiger partial charge in [0.25, 0.3) is 0 Å². The predicted octanol–water partition coefficient (Wildman–Crippen LogP) is 6.19. The minimum absolute atomic E-state index is 0.958. The molecule has 0 N–H and O–H groups in total. The van der Waals surface area contributed by atoms with Gasteiger partial charge in [-0.25, -0.2) is 0 Å². The molecule has 19 heavy (non-hydrogen) atoms. The third kappa shape index (κ3) is 3.42. The van der Waals surface area contributed by atoms with Gasteiger partial charge >= 0.3 is 0 Å². The van der Waals surface area contributed by atoms with E-state index >= 15 is 0 Å². The molecule has 0 radical (unpaired) electrons. The molecular weight excluding hydrogens is 244 g/mol. The minimum Gasteiger partial charge on any atom is -0.103 e. The van der Waals surface area contributed by atoms with Crippen molar-refractivity contribution < 1.29 is 0 Å². The minimum atomic E-state index is -1.05. The molecule has 2 fully saturated rings. The van der Waals surface area contributed by atoms with E-state index in [1.54, 1.807) is 0 Å². The maximum absolute atomic E-state index is 3.92. The monoisotopic (exact) mass is 276 g/mol. The molecule has 0 bridgehead atoms. The Morgan fingerprint density at radius 2 is 1.26 bits per heavy atom. The number of allylic oxidation sites excluding steroid dienone is 2. The van der Waals surface area contributed by atoms with Crippen LogP contribution in [0.1, 0.15) is 51.4 Å². The molecule has 0 aromatic heterocycles. The molecule has 0 aromatic carbocycles.